The van der Waals surface area contributed by atoms with Crippen LogP contribution in [0.25, 0.3) is 11.1 Å². The molecule has 6 nitrogen and oxygen atoms in total. The van der Waals surface area contributed by atoms with Gasteiger partial charge in [-0.05, 0) is 17.2 Å². The van der Waals surface area contributed by atoms with Crippen molar-refractivity contribution in [3.8, 4) is 11.1 Å². The molecular weight excluding hydrogens is 446 g/mol. The SMILES string of the molecule is O=S(=O)(c1ccccc1-c1ccccc1)N1CCN(C2CN(Cc3ccccc3)CC2O)CC1. The first-order valence-corrected chi connectivity index (χ1v) is 13.3. The molecule has 1 N–H and O–H groups in total. The molecule has 2 aliphatic rings. The van der Waals surface area contributed by atoms with Crippen LogP contribution in [0.4, 0.5) is 0 Å². The highest BCUT2D eigenvalue weighted by Gasteiger charge is 2.38. The first-order valence-electron chi connectivity index (χ1n) is 11.9. The van der Waals surface area contributed by atoms with Crippen molar-refractivity contribution in [1.82, 2.24) is 14.1 Å². The zero-order chi connectivity index (χ0) is 23.5. The van der Waals surface area contributed by atoms with Gasteiger partial charge in [-0.2, -0.15) is 4.31 Å². The van der Waals surface area contributed by atoms with Gasteiger partial charge < -0.3 is 5.11 Å². The van der Waals surface area contributed by atoms with E-state index in [0.29, 0.717) is 37.6 Å². The fraction of sp³-hybridized carbons (Fsp3) is 0.333. The van der Waals surface area contributed by atoms with Gasteiger partial charge in [0.1, 0.15) is 0 Å². The lowest BCUT2D eigenvalue weighted by Crippen LogP contribution is -2.54. The van der Waals surface area contributed by atoms with E-state index in [2.05, 4.69) is 21.9 Å². The minimum Gasteiger partial charge on any atom is -0.390 e. The highest BCUT2D eigenvalue weighted by atomic mass is 32.2. The maximum atomic E-state index is 13.6. The van der Waals surface area contributed by atoms with Crippen LogP contribution in [-0.4, -0.2) is 79.0 Å². The normalized spacial score (nSPS) is 22.7. The number of hydrogen-bond acceptors (Lipinski definition) is 5. The third-order valence-electron chi connectivity index (χ3n) is 6.92. The number of aliphatic hydroxyl groups excluding tert-OH is 1. The molecule has 7 heteroatoms. The Labute approximate surface area is 202 Å². The van der Waals surface area contributed by atoms with Gasteiger partial charge in [-0.3, -0.25) is 9.80 Å². The van der Waals surface area contributed by atoms with Gasteiger partial charge in [0.05, 0.1) is 11.0 Å². The summed E-state index contributed by atoms with van der Waals surface area (Å²) in [6, 6.07) is 27.2. The minimum atomic E-state index is -3.62. The quantitative estimate of drug-likeness (QED) is 0.592. The summed E-state index contributed by atoms with van der Waals surface area (Å²) in [5.41, 5.74) is 2.87. The average Bonchev–Trinajstić information content (AvgIpc) is 3.25. The van der Waals surface area contributed by atoms with Crippen molar-refractivity contribution in [1.29, 1.82) is 0 Å². The molecule has 178 valence electrons. The Hall–Kier alpha value is -2.55. The van der Waals surface area contributed by atoms with E-state index in [4.69, 9.17) is 0 Å². The summed E-state index contributed by atoms with van der Waals surface area (Å²) in [7, 11) is -3.62. The molecule has 0 amide bonds. The van der Waals surface area contributed by atoms with Crippen LogP contribution in [0.2, 0.25) is 0 Å². The molecule has 0 saturated carbocycles. The zero-order valence-electron chi connectivity index (χ0n) is 19.2. The molecule has 5 rings (SSSR count). The second-order valence-electron chi connectivity index (χ2n) is 9.12. The molecule has 2 fully saturated rings. The molecule has 2 saturated heterocycles. The van der Waals surface area contributed by atoms with Crippen molar-refractivity contribution < 1.29 is 13.5 Å². The largest absolute Gasteiger partial charge is 0.390 e. The van der Waals surface area contributed by atoms with Crippen molar-refractivity contribution in [2.24, 2.45) is 0 Å². The summed E-state index contributed by atoms with van der Waals surface area (Å²) in [4.78, 5) is 4.89. The Morgan fingerprint density at radius 2 is 1.38 bits per heavy atom. The lowest BCUT2D eigenvalue weighted by atomic mass is 10.1. The summed E-state index contributed by atoms with van der Waals surface area (Å²) in [5.74, 6) is 0. The second-order valence-corrected chi connectivity index (χ2v) is 11.0. The lowest BCUT2D eigenvalue weighted by molar-refractivity contribution is 0.0618. The summed E-state index contributed by atoms with van der Waals surface area (Å²) in [5, 5.41) is 10.7. The molecule has 3 aromatic rings. The van der Waals surface area contributed by atoms with E-state index in [1.165, 1.54) is 5.56 Å². The van der Waals surface area contributed by atoms with Crippen LogP contribution < -0.4 is 0 Å². The van der Waals surface area contributed by atoms with E-state index < -0.39 is 16.1 Å². The minimum absolute atomic E-state index is 0.0326. The highest BCUT2D eigenvalue weighted by Crippen LogP contribution is 2.30. The van der Waals surface area contributed by atoms with Crippen LogP contribution in [0.1, 0.15) is 5.56 Å². The molecule has 0 radical (unpaired) electrons. The Balaban J connectivity index is 1.25. The Bertz CT molecular complexity index is 1200. The molecule has 2 unspecified atom stereocenters. The Kier molecular flexibility index (Phi) is 6.81. The molecule has 0 spiro atoms. The van der Waals surface area contributed by atoms with E-state index in [0.717, 1.165) is 24.2 Å². The van der Waals surface area contributed by atoms with Gasteiger partial charge in [0.25, 0.3) is 0 Å². The number of benzene rings is 3. The van der Waals surface area contributed by atoms with E-state index in [9.17, 15) is 13.5 Å². The molecule has 0 bridgehead atoms. The van der Waals surface area contributed by atoms with Crippen LogP contribution in [0.3, 0.4) is 0 Å². The van der Waals surface area contributed by atoms with E-state index >= 15 is 0 Å². The van der Waals surface area contributed by atoms with Gasteiger partial charge in [0, 0.05) is 57.4 Å². The third kappa shape index (κ3) is 4.80. The summed E-state index contributed by atoms with van der Waals surface area (Å²) in [6.45, 7) is 4.34. The van der Waals surface area contributed by atoms with Crippen LogP contribution in [0.15, 0.2) is 89.8 Å². The summed E-state index contributed by atoms with van der Waals surface area (Å²) < 4.78 is 28.7. The van der Waals surface area contributed by atoms with Crippen molar-refractivity contribution in [3.63, 3.8) is 0 Å². The van der Waals surface area contributed by atoms with Gasteiger partial charge in [-0.25, -0.2) is 8.42 Å². The number of β-amino-alcohol motifs (C(OH)–C–C–N with tert-alkyl or cyclic N) is 1. The fourth-order valence-electron chi connectivity index (χ4n) is 5.14. The van der Waals surface area contributed by atoms with Crippen molar-refractivity contribution in [3.05, 3.63) is 90.5 Å². The maximum absolute atomic E-state index is 13.6. The molecule has 2 heterocycles. The molecular formula is C27H31N3O3S. The smallest absolute Gasteiger partial charge is 0.243 e. The number of rotatable bonds is 6. The van der Waals surface area contributed by atoms with Crippen molar-refractivity contribution in [2.75, 3.05) is 39.3 Å². The number of aliphatic hydroxyl groups is 1. The monoisotopic (exact) mass is 477 g/mol. The predicted octanol–water partition coefficient (Wildman–Crippen LogP) is 2.91. The highest BCUT2D eigenvalue weighted by molar-refractivity contribution is 7.89. The lowest BCUT2D eigenvalue weighted by Gasteiger charge is -2.38. The predicted molar refractivity (Wildman–Crippen MR) is 134 cm³/mol. The first kappa shape index (κ1) is 23.2. The van der Waals surface area contributed by atoms with Crippen LogP contribution in [0.5, 0.6) is 0 Å². The van der Waals surface area contributed by atoms with Crippen LogP contribution in [-0.2, 0) is 16.6 Å². The third-order valence-corrected chi connectivity index (χ3v) is 8.87. The average molecular weight is 478 g/mol. The van der Waals surface area contributed by atoms with Gasteiger partial charge in [0.2, 0.25) is 10.0 Å². The fourth-order valence-corrected chi connectivity index (χ4v) is 6.78. The number of piperazine rings is 1. The van der Waals surface area contributed by atoms with Crippen LogP contribution in [0, 0.1) is 0 Å². The van der Waals surface area contributed by atoms with Crippen molar-refractivity contribution in [2.45, 2.75) is 23.6 Å². The summed E-state index contributed by atoms with van der Waals surface area (Å²) in [6.07, 6.45) is -0.425. The van der Waals surface area contributed by atoms with Gasteiger partial charge in [-0.15, -0.1) is 0 Å². The van der Waals surface area contributed by atoms with Gasteiger partial charge in [-0.1, -0.05) is 78.9 Å². The van der Waals surface area contributed by atoms with E-state index in [1.54, 1.807) is 16.4 Å². The Morgan fingerprint density at radius 3 is 2.09 bits per heavy atom. The summed E-state index contributed by atoms with van der Waals surface area (Å²) >= 11 is 0. The van der Waals surface area contributed by atoms with Gasteiger partial charge in [0.15, 0.2) is 0 Å². The standard InChI is InChI=1S/C27H31N3O3S/c31-26-21-28(19-22-9-3-1-4-10-22)20-25(26)29-15-17-30(18-16-29)34(32,33)27-14-8-7-13-24(27)23-11-5-2-6-12-23/h1-14,25-26,31H,15-21H2. The van der Waals surface area contributed by atoms with Crippen molar-refractivity contribution >= 4 is 10.0 Å². The number of likely N-dealkylation sites (tertiary alicyclic amines) is 1. The molecule has 0 aliphatic carbocycles. The maximum Gasteiger partial charge on any atom is 0.243 e. The topological polar surface area (TPSA) is 64.1 Å². The molecule has 2 atom stereocenters. The first-order chi connectivity index (χ1) is 16.5. The molecule has 34 heavy (non-hydrogen) atoms. The van der Waals surface area contributed by atoms with Gasteiger partial charge >= 0.3 is 0 Å². The zero-order valence-corrected chi connectivity index (χ0v) is 20.0. The molecule has 3 aromatic carbocycles. The van der Waals surface area contributed by atoms with Crippen LogP contribution >= 0.6 is 0 Å². The van der Waals surface area contributed by atoms with E-state index in [-0.39, 0.29) is 6.04 Å². The second kappa shape index (κ2) is 9.98. The Morgan fingerprint density at radius 1 is 0.765 bits per heavy atom. The molecule has 2 aliphatic heterocycles. The number of sulfonamides is 1. The number of hydrogen-bond donors (Lipinski definition) is 1. The number of nitrogens with zero attached hydrogens (tertiary/aromatic N) is 3. The van der Waals surface area contributed by atoms with E-state index in [1.807, 2.05) is 60.7 Å². The molecule has 0 aromatic heterocycles.